The summed E-state index contributed by atoms with van der Waals surface area (Å²) >= 11 is 0. The van der Waals surface area contributed by atoms with Crippen LogP contribution in [0.3, 0.4) is 0 Å². The number of nitrogens with zero attached hydrogens (tertiary/aromatic N) is 3. The van der Waals surface area contributed by atoms with Crippen LogP contribution in [0, 0.1) is 5.82 Å². The number of hydrogen-bond acceptors (Lipinski definition) is 4. The van der Waals surface area contributed by atoms with Gasteiger partial charge in [0.1, 0.15) is 5.82 Å². The molecule has 158 valence electrons. The number of anilines is 2. The van der Waals surface area contributed by atoms with E-state index in [-0.39, 0.29) is 11.6 Å². The summed E-state index contributed by atoms with van der Waals surface area (Å²) in [7, 11) is 0. The Morgan fingerprint density at radius 3 is 2.73 bits per heavy atom. The second-order valence-electron chi connectivity index (χ2n) is 8.78. The third-order valence-electron chi connectivity index (χ3n) is 7.17. The molecule has 0 aliphatic carbocycles. The van der Waals surface area contributed by atoms with E-state index in [0.29, 0.717) is 23.9 Å². The maximum absolute atomic E-state index is 13.1. The van der Waals surface area contributed by atoms with Crippen molar-refractivity contribution in [2.75, 3.05) is 49.1 Å². The average molecular weight is 408 g/mol. The summed E-state index contributed by atoms with van der Waals surface area (Å²) in [5, 5.41) is 0. The molecule has 3 aliphatic heterocycles. The standard InChI is InChI=1S/C25H30FN3O/c1-2-28-15-16-29-22-12-14-27(17-21(22)20-5-3-6-23(28)25(20)29)13-4-7-24(30)18-8-10-19(26)11-9-18/h3,5-6,8-11,21-22H,2,4,7,12-17H2,1H3. The second kappa shape index (κ2) is 8.03. The minimum absolute atomic E-state index is 0.109. The minimum atomic E-state index is -0.297. The topological polar surface area (TPSA) is 26.8 Å². The Balaban J connectivity index is 1.23. The number of para-hydroxylation sites is 1. The molecule has 1 fully saturated rings. The lowest BCUT2D eigenvalue weighted by molar-refractivity contribution is 0.0971. The van der Waals surface area contributed by atoms with Gasteiger partial charge < -0.3 is 14.7 Å². The molecule has 0 radical (unpaired) electrons. The van der Waals surface area contributed by atoms with Gasteiger partial charge in [0, 0.05) is 56.7 Å². The van der Waals surface area contributed by atoms with Crippen molar-refractivity contribution in [3.63, 3.8) is 0 Å². The van der Waals surface area contributed by atoms with Gasteiger partial charge in [-0.15, -0.1) is 0 Å². The number of carbonyl (C=O) groups excluding carboxylic acids is 1. The molecule has 4 nitrogen and oxygen atoms in total. The van der Waals surface area contributed by atoms with Gasteiger partial charge in [0.25, 0.3) is 0 Å². The van der Waals surface area contributed by atoms with Crippen molar-refractivity contribution in [2.45, 2.75) is 38.1 Å². The van der Waals surface area contributed by atoms with Gasteiger partial charge in [-0.05, 0) is 62.2 Å². The predicted molar refractivity (Wildman–Crippen MR) is 119 cm³/mol. The fourth-order valence-electron chi connectivity index (χ4n) is 5.67. The number of halogens is 1. The summed E-state index contributed by atoms with van der Waals surface area (Å²) in [4.78, 5) is 20.1. The Morgan fingerprint density at radius 1 is 1.10 bits per heavy atom. The van der Waals surface area contributed by atoms with Crippen LogP contribution in [0.25, 0.3) is 0 Å². The Morgan fingerprint density at radius 2 is 1.93 bits per heavy atom. The molecule has 30 heavy (non-hydrogen) atoms. The van der Waals surface area contributed by atoms with Crippen molar-refractivity contribution >= 4 is 17.2 Å². The monoisotopic (exact) mass is 407 g/mol. The zero-order valence-electron chi connectivity index (χ0n) is 17.7. The molecule has 3 heterocycles. The number of carbonyl (C=O) groups is 1. The Kier molecular flexibility index (Phi) is 5.23. The molecule has 5 rings (SSSR count). The number of fused-ring (bicyclic) bond motifs is 3. The first-order valence-corrected chi connectivity index (χ1v) is 11.3. The van der Waals surface area contributed by atoms with Crippen LogP contribution in [0.1, 0.15) is 48.0 Å². The summed E-state index contributed by atoms with van der Waals surface area (Å²) in [5.74, 6) is 0.380. The van der Waals surface area contributed by atoms with E-state index in [1.807, 2.05) is 0 Å². The van der Waals surface area contributed by atoms with Crippen LogP contribution >= 0.6 is 0 Å². The number of ketones is 1. The fourth-order valence-corrected chi connectivity index (χ4v) is 5.67. The van der Waals surface area contributed by atoms with E-state index in [2.05, 4.69) is 39.8 Å². The average Bonchev–Trinajstić information content (AvgIpc) is 3.09. The number of benzene rings is 2. The molecule has 5 heteroatoms. The predicted octanol–water partition coefficient (Wildman–Crippen LogP) is 4.31. The number of hydrogen-bond donors (Lipinski definition) is 0. The van der Waals surface area contributed by atoms with Crippen molar-refractivity contribution in [1.29, 1.82) is 0 Å². The number of likely N-dealkylation sites (tertiary alicyclic amines) is 1. The van der Waals surface area contributed by atoms with Crippen LogP contribution in [0.2, 0.25) is 0 Å². The third-order valence-corrected chi connectivity index (χ3v) is 7.17. The molecular formula is C25H30FN3O. The number of likely N-dealkylation sites (N-methyl/N-ethyl adjacent to an activating group) is 1. The van der Waals surface area contributed by atoms with E-state index >= 15 is 0 Å². The lowest BCUT2D eigenvalue weighted by Crippen LogP contribution is -2.49. The van der Waals surface area contributed by atoms with Gasteiger partial charge in [-0.1, -0.05) is 12.1 Å². The number of Topliss-reactive ketones (excluding diaryl/α,β-unsaturated/α-hetero) is 1. The van der Waals surface area contributed by atoms with Gasteiger partial charge in [0.15, 0.2) is 5.78 Å². The molecule has 2 unspecified atom stereocenters. The Labute approximate surface area is 178 Å². The quantitative estimate of drug-likeness (QED) is 0.667. The highest BCUT2D eigenvalue weighted by Gasteiger charge is 2.44. The van der Waals surface area contributed by atoms with Gasteiger partial charge in [-0.25, -0.2) is 4.39 Å². The van der Waals surface area contributed by atoms with Crippen molar-refractivity contribution in [3.8, 4) is 0 Å². The van der Waals surface area contributed by atoms with E-state index in [9.17, 15) is 9.18 Å². The molecule has 3 aliphatic rings. The van der Waals surface area contributed by atoms with Crippen molar-refractivity contribution < 1.29 is 9.18 Å². The van der Waals surface area contributed by atoms with Crippen LogP contribution in [-0.4, -0.2) is 56.0 Å². The first kappa shape index (κ1) is 19.6. The second-order valence-corrected chi connectivity index (χ2v) is 8.78. The summed E-state index contributed by atoms with van der Waals surface area (Å²) in [5.41, 5.74) is 5.02. The lowest BCUT2D eigenvalue weighted by atomic mass is 9.89. The summed E-state index contributed by atoms with van der Waals surface area (Å²) in [6.07, 6.45) is 2.57. The van der Waals surface area contributed by atoms with Crippen molar-refractivity contribution in [1.82, 2.24) is 4.90 Å². The molecule has 0 aromatic heterocycles. The molecular weight excluding hydrogens is 377 g/mol. The number of piperidine rings is 1. The minimum Gasteiger partial charge on any atom is -0.368 e. The maximum atomic E-state index is 13.1. The third kappa shape index (κ3) is 3.39. The normalized spacial score (nSPS) is 22.7. The Hall–Kier alpha value is -2.40. The molecule has 2 aromatic carbocycles. The van der Waals surface area contributed by atoms with Gasteiger partial charge in [0.05, 0.1) is 11.4 Å². The Bertz CT molecular complexity index is 928. The van der Waals surface area contributed by atoms with Crippen molar-refractivity contribution in [2.24, 2.45) is 0 Å². The van der Waals surface area contributed by atoms with Gasteiger partial charge >= 0.3 is 0 Å². The first-order chi connectivity index (χ1) is 14.7. The highest BCUT2D eigenvalue weighted by atomic mass is 19.1. The molecule has 2 aromatic rings. The van der Waals surface area contributed by atoms with E-state index in [1.165, 1.54) is 35.5 Å². The van der Waals surface area contributed by atoms with Crippen LogP contribution in [0.4, 0.5) is 15.8 Å². The van der Waals surface area contributed by atoms with Crippen LogP contribution in [0.15, 0.2) is 42.5 Å². The molecule has 2 atom stereocenters. The van der Waals surface area contributed by atoms with Crippen molar-refractivity contribution in [3.05, 3.63) is 59.4 Å². The molecule has 0 spiro atoms. The highest BCUT2D eigenvalue weighted by Crippen LogP contribution is 2.50. The lowest BCUT2D eigenvalue weighted by Gasteiger charge is -2.42. The summed E-state index contributed by atoms with van der Waals surface area (Å²) < 4.78 is 13.1. The highest BCUT2D eigenvalue weighted by molar-refractivity contribution is 5.95. The van der Waals surface area contributed by atoms with E-state index in [4.69, 9.17) is 0 Å². The van der Waals surface area contributed by atoms with Crippen LogP contribution in [-0.2, 0) is 0 Å². The first-order valence-electron chi connectivity index (χ1n) is 11.3. The van der Waals surface area contributed by atoms with E-state index < -0.39 is 0 Å². The van der Waals surface area contributed by atoms with Gasteiger partial charge in [-0.2, -0.15) is 0 Å². The molecule has 1 saturated heterocycles. The van der Waals surface area contributed by atoms with E-state index in [1.54, 1.807) is 12.1 Å². The van der Waals surface area contributed by atoms with E-state index in [0.717, 1.165) is 45.7 Å². The fraction of sp³-hybridized carbons (Fsp3) is 0.480. The maximum Gasteiger partial charge on any atom is 0.162 e. The van der Waals surface area contributed by atoms with Gasteiger partial charge in [-0.3, -0.25) is 4.79 Å². The molecule has 0 N–H and O–H groups in total. The molecule has 0 amide bonds. The largest absolute Gasteiger partial charge is 0.368 e. The van der Waals surface area contributed by atoms with Gasteiger partial charge in [0.2, 0.25) is 0 Å². The zero-order chi connectivity index (χ0) is 20.7. The van der Waals surface area contributed by atoms with Crippen LogP contribution in [0.5, 0.6) is 0 Å². The van der Waals surface area contributed by atoms with Crippen LogP contribution < -0.4 is 9.80 Å². The molecule has 0 bridgehead atoms. The smallest absolute Gasteiger partial charge is 0.162 e. The summed E-state index contributed by atoms with van der Waals surface area (Å²) in [6, 6.07) is 13.4. The number of rotatable bonds is 6. The SMILES string of the molecule is CCN1CCN2c3c(cccc31)C1CN(CCCC(=O)c3ccc(F)cc3)CCC12. The zero-order valence-corrected chi connectivity index (χ0v) is 17.7. The summed E-state index contributed by atoms with van der Waals surface area (Å²) in [6.45, 7) is 8.68. The molecule has 0 saturated carbocycles.